The van der Waals surface area contributed by atoms with Gasteiger partial charge in [-0.05, 0) is 11.7 Å². The molecule has 0 bridgehead atoms. The zero-order valence-electron chi connectivity index (χ0n) is 4.96. The molecule has 0 fully saturated rings. The van der Waals surface area contributed by atoms with Crippen molar-refractivity contribution in [3.05, 3.63) is 11.6 Å². The lowest BCUT2D eigenvalue weighted by Gasteiger charge is -1.99. The fourth-order valence-electron chi connectivity index (χ4n) is 0.182. The molecule has 0 aliphatic carbocycles. The van der Waals surface area contributed by atoms with Crippen LogP contribution in [0.2, 0.25) is 0 Å². The average molecular weight is 131 g/mol. The minimum Gasteiger partial charge on any atom is -0.257 e. The summed E-state index contributed by atoms with van der Waals surface area (Å²) in [6.45, 7) is 0. The van der Waals surface area contributed by atoms with Crippen molar-refractivity contribution in [3.8, 4) is 0 Å². The summed E-state index contributed by atoms with van der Waals surface area (Å²) in [6.07, 6.45) is 3.67. The van der Waals surface area contributed by atoms with Crippen LogP contribution in [0.15, 0.2) is 16.8 Å². The molecule has 0 saturated heterocycles. The number of thioether (sulfide) groups is 1. The van der Waals surface area contributed by atoms with Gasteiger partial charge in [-0.2, -0.15) is 5.53 Å². The minimum absolute atomic E-state index is 1.43. The van der Waals surface area contributed by atoms with Crippen molar-refractivity contribution >= 4 is 11.8 Å². The van der Waals surface area contributed by atoms with Crippen LogP contribution in [-0.2, 0) is 0 Å². The predicted octanol–water partition coefficient (Wildman–Crippen LogP) is 1.70. The molecule has 0 aromatic heterocycles. The predicted molar refractivity (Wildman–Crippen MR) is 35.6 cm³/mol. The van der Waals surface area contributed by atoms with Crippen LogP contribution in [-0.4, -0.2) is 18.3 Å². The Morgan fingerprint density at radius 3 is 2.75 bits per heavy atom. The molecule has 0 radical (unpaired) electrons. The standard InChI is InChI=1S/C4H9N3S/c1-7(6-5)3-4-8-2/h3-5H,1-2H3/b4-3+,6-5?. The highest BCUT2D eigenvalue weighted by atomic mass is 32.2. The van der Waals surface area contributed by atoms with E-state index >= 15 is 0 Å². The van der Waals surface area contributed by atoms with E-state index in [2.05, 4.69) is 5.22 Å². The van der Waals surface area contributed by atoms with E-state index in [1.165, 1.54) is 5.01 Å². The first-order chi connectivity index (χ1) is 3.81. The monoisotopic (exact) mass is 131 g/mol. The molecule has 46 valence electrons. The Morgan fingerprint density at radius 1 is 1.75 bits per heavy atom. The number of rotatable bonds is 3. The normalized spacial score (nSPS) is 9.75. The van der Waals surface area contributed by atoms with Crippen LogP contribution in [0.4, 0.5) is 0 Å². The van der Waals surface area contributed by atoms with Crippen molar-refractivity contribution in [1.82, 2.24) is 5.01 Å². The van der Waals surface area contributed by atoms with E-state index in [0.29, 0.717) is 0 Å². The van der Waals surface area contributed by atoms with Crippen molar-refractivity contribution in [3.63, 3.8) is 0 Å². The SMILES string of the molecule is CS/C=C/N(C)N=N. The smallest absolute Gasteiger partial charge is 0.0314 e. The Bertz CT molecular complexity index is 91.3. The van der Waals surface area contributed by atoms with Crippen LogP contribution < -0.4 is 0 Å². The fourth-order valence-corrected chi connectivity index (χ4v) is 0.480. The van der Waals surface area contributed by atoms with E-state index in [1.54, 1.807) is 25.0 Å². The van der Waals surface area contributed by atoms with Gasteiger partial charge in [0.05, 0.1) is 0 Å². The Balaban J connectivity index is 3.35. The first-order valence-electron chi connectivity index (χ1n) is 2.11. The maximum Gasteiger partial charge on any atom is 0.0314 e. The molecule has 0 atom stereocenters. The molecule has 0 aromatic carbocycles. The van der Waals surface area contributed by atoms with E-state index in [0.717, 1.165) is 0 Å². The Morgan fingerprint density at radius 2 is 2.38 bits per heavy atom. The van der Waals surface area contributed by atoms with Gasteiger partial charge in [-0.15, -0.1) is 11.8 Å². The molecule has 0 aliphatic heterocycles. The molecule has 0 aromatic rings. The summed E-state index contributed by atoms with van der Waals surface area (Å²) in [5.74, 6) is 0. The van der Waals surface area contributed by atoms with E-state index in [1.807, 2.05) is 11.7 Å². The number of hydrogen-bond donors (Lipinski definition) is 1. The van der Waals surface area contributed by atoms with Crippen molar-refractivity contribution in [1.29, 1.82) is 5.53 Å². The van der Waals surface area contributed by atoms with Gasteiger partial charge >= 0.3 is 0 Å². The first kappa shape index (κ1) is 7.49. The summed E-state index contributed by atoms with van der Waals surface area (Å²) in [6, 6.07) is 0. The van der Waals surface area contributed by atoms with Gasteiger partial charge in [-0.25, -0.2) is 0 Å². The maximum absolute atomic E-state index is 6.48. The summed E-state index contributed by atoms with van der Waals surface area (Å²) in [4.78, 5) is 0. The van der Waals surface area contributed by atoms with Crippen molar-refractivity contribution in [2.24, 2.45) is 5.22 Å². The Kier molecular flexibility index (Phi) is 4.35. The summed E-state index contributed by atoms with van der Waals surface area (Å²) >= 11 is 1.58. The molecule has 0 heterocycles. The van der Waals surface area contributed by atoms with E-state index in [9.17, 15) is 0 Å². The number of nitrogens with one attached hydrogen (secondary N) is 1. The highest BCUT2D eigenvalue weighted by Crippen LogP contribution is 1.94. The van der Waals surface area contributed by atoms with Gasteiger partial charge in [0, 0.05) is 13.2 Å². The third kappa shape index (κ3) is 3.67. The second kappa shape index (κ2) is 4.64. The lowest BCUT2D eigenvalue weighted by atomic mass is 11.0. The summed E-state index contributed by atoms with van der Waals surface area (Å²) < 4.78 is 0. The van der Waals surface area contributed by atoms with Crippen LogP contribution in [0.3, 0.4) is 0 Å². The van der Waals surface area contributed by atoms with E-state index < -0.39 is 0 Å². The van der Waals surface area contributed by atoms with Gasteiger partial charge in [0.15, 0.2) is 0 Å². The molecule has 0 rings (SSSR count). The van der Waals surface area contributed by atoms with Crippen molar-refractivity contribution < 1.29 is 0 Å². The maximum atomic E-state index is 6.48. The van der Waals surface area contributed by atoms with Crippen LogP contribution in [0, 0.1) is 5.53 Å². The summed E-state index contributed by atoms with van der Waals surface area (Å²) in [5, 5.41) is 6.40. The molecule has 1 N–H and O–H groups in total. The van der Waals surface area contributed by atoms with E-state index in [4.69, 9.17) is 5.53 Å². The summed E-state index contributed by atoms with van der Waals surface area (Å²) in [5.41, 5.74) is 6.48. The lowest BCUT2D eigenvalue weighted by Crippen LogP contribution is -1.96. The molecule has 0 unspecified atom stereocenters. The number of nitrogens with zero attached hydrogens (tertiary/aromatic N) is 2. The zero-order chi connectivity index (χ0) is 6.41. The second-order valence-corrected chi connectivity index (χ2v) is 1.94. The molecule has 4 heteroatoms. The Labute approximate surface area is 53.2 Å². The van der Waals surface area contributed by atoms with Gasteiger partial charge in [0.1, 0.15) is 0 Å². The Hall–Kier alpha value is -0.510. The topological polar surface area (TPSA) is 39.5 Å². The molecular formula is C4H9N3S. The van der Waals surface area contributed by atoms with Gasteiger partial charge in [-0.1, -0.05) is 5.22 Å². The third-order valence-electron chi connectivity index (χ3n) is 0.570. The largest absolute Gasteiger partial charge is 0.257 e. The molecule has 0 saturated carbocycles. The van der Waals surface area contributed by atoms with Gasteiger partial charge in [0.2, 0.25) is 0 Å². The molecule has 0 spiro atoms. The highest BCUT2D eigenvalue weighted by molar-refractivity contribution is 8.01. The minimum atomic E-state index is 1.43. The van der Waals surface area contributed by atoms with Crippen LogP contribution in [0.5, 0.6) is 0 Å². The molecule has 3 nitrogen and oxygen atoms in total. The molecule has 0 amide bonds. The average Bonchev–Trinajstić information content (AvgIpc) is 1.83. The van der Waals surface area contributed by atoms with Gasteiger partial charge in [0.25, 0.3) is 0 Å². The molecule has 8 heavy (non-hydrogen) atoms. The third-order valence-corrected chi connectivity index (χ3v) is 0.964. The highest BCUT2D eigenvalue weighted by Gasteiger charge is 1.76. The number of hydrogen-bond acceptors (Lipinski definition) is 3. The molecular weight excluding hydrogens is 122 g/mol. The fraction of sp³-hybridized carbons (Fsp3) is 0.500. The molecule has 0 aliphatic rings. The quantitative estimate of drug-likeness (QED) is 0.467. The van der Waals surface area contributed by atoms with Crippen LogP contribution in [0.25, 0.3) is 0 Å². The van der Waals surface area contributed by atoms with Crippen molar-refractivity contribution in [2.75, 3.05) is 13.3 Å². The summed E-state index contributed by atoms with van der Waals surface area (Å²) in [7, 11) is 1.71. The van der Waals surface area contributed by atoms with Gasteiger partial charge < -0.3 is 0 Å². The zero-order valence-corrected chi connectivity index (χ0v) is 5.77. The van der Waals surface area contributed by atoms with E-state index in [-0.39, 0.29) is 0 Å². The van der Waals surface area contributed by atoms with Crippen LogP contribution in [0.1, 0.15) is 0 Å². The lowest BCUT2D eigenvalue weighted by molar-refractivity contribution is 0.441. The van der Waals surface area contributed by atoms with Gasteiger partial charge in [-0.3, -0.25) is 5.01 Å². The second-order valence-electron chi connectivity index (χ2n) is 1.19. The van der Waals surface area contributed by atoms with Crippen LogP contribution >= 0.6 is 11.8 Å². The first-order valence-corrected chi connectivity index (χ1v) is 3.39. The van der Waals surface area contributed by atoms with Crippen molar-refractivity contribution in [2.45, 2.75) is 0 Å².